The van der Waals surface area contributed by atoms with Crippen molar-refractivity contribution in [2.24, 2.45) is 0 Å². The van der Waals surface area contributed by atoms with Crippen LogP contribution in [0.25, 0.3) is 6.08 Å². The van der Waals surface area contributed by atoms with Crippen molar-refractivity contribution in [1.82, 2.24) is 0 Å². The van der Waals surface area contributed by atoms with E-state index in [2.05, 4.69) is 0 Å². The Morgan fingerprint density at radius 1 is 0.952 bits per heavy atom. The summed E-state index contributed by atoms with van der Waals surface area (Å²) in [5, 5.41) is 10.8. The van der Waals surface area contributed by atoms with E-state index in [0.717, 1.165) is 0 Å². The second-order valence-electron chi connectivity index (χ2n) is 4.26. The molecule has 0 fully saturated rings. The Morgan fingerprint density at radius 3 is 2.33 bits per heavy atom. The normalized spacial score (nSPS) is 11.0. The average Bonchev–Trinajstić information content (AvgIpc) is 2.52. The number of carbonyl (C=O) groups excluding carboxylic acids is 1. The van der Waals surface area contributed by atoms with Crippen LogP contribution in [0.5, 0.6) is 0 Å². The van der Waals surface area contributed by atoms with E-state index < -0.39 is 4.92 Å². The van der Waals surface area contributed by atoms with E-state index in [4.69, 9.17) is 0 Å². The number of hydrogen-bond acceptors (Lipinski definition) is 3. The molecule has 2 aromatic rings. The van der Waals surface area contributed by atoms with E-state index in [0.29, 0.717) is 11.1 Å². The zero-order valence-corrected chi connectivity index (χ0v) is 11.2. The maximum atomic E-state index is 11.8. The first-order valence-corrected chi connectivity index (χ1v) is 6.36. The minimum Gasteiger partial charge on any atom is -0.289 e. The van der Waals surface area contributed by atoms with Gasteiger partial charge in [-0.15, -0.1) is 0 Å². The molecule has 0 aromatic heterocycles. The molecule has 21 heavy (non-hydrogen) atoms. The van der Waals surface area contributed by atoms with Crippen LogP contribution in [0.3, 0.4) is 0 Å². The summed E-state index contributed by atoms with van der Waals surface area (Å²) < 4.78 is 0. The number of para-hydroxylation sites is 1. The molecule has 0 radical (unpaired) electrons. The first-order valence-electron chi connectivity index (χ1n) is 6.36. The summed E-state index contributed by atoms with van der Waals surface area (Å²) in [7, 11) is 0. The molecule has 4 nitrogen and oxygen atoms in total. The Labute approximate surface area is 122 Å². The fraction of sp³-hybridized carbons (Fsp3) is 0. The average molecular weight is 279 g/mol. The largest absolute Gasteiger partial charge is 0.289 e. The molecule has 104 valence electrons. The molecule has 2 aromatic carbocycles. The Hall–Kier alpha value is -3.01. The summed E-state index contributed by atoms with van der Waals surface area (Å²) in [6, 6.07) is 15.3. The van der Waals surface area contributed by atoms with Gasteiger partial charge in [0, 0.05) is 11.6 Å². The van der Waals surface area contributed by atoms with Crippen molar-refractivity contribution in [3.63, 3.8) is 0 Å². The van der Waals surface area contributed by atoms with Crippen LogP contribution in [0.2, 0.25) is 0 Å². The van der Waals surface area contributed by atoms with Crippen molar-refractivity contribution in [2.45, 2.75) is 0 Å². The van der Waals surface area contributed by atoms with Crippen molar-refractivity contribution < 1.29 is 9.72 Å². The van der Waals surface area contributed by atoms with Gasteiger partial charge >= 0.3 is 0 Å². The molecule has 0 heterocycles. The van der Waals surface area contributed by atoms with Gasteiger partial charge in [0.25, 0.3) is 5.69 Å². The quantitative estimate of drug-likeness (QED) is 0.273. The third kappa shape index (κ3) is 3.98. The van der Waals surface area contributed by atoms with Crippen molar-refractivity contribution in [1.29, 1.82) is 0 Å². The highest BCUT2D eigenvalue weighted by molar-refractivity contribution is 6.04. The summed E-state index contributed by atoms with van der Waals surface area (Å²) in [6.07, 6.45) is 6.22. The van der Waals surface area contributed by atoms with Crippen molar-refractivity contribution in [2.75, 3.05) is 0 Å². The first-order chi connectivity index (χ1) is 10.2. The van der Waals surface area contributed by atoms with Gasteiger partial charge < -0.3 is 0 Å². The molecule has 0 amide bonds. The predicted molar refractivity (Wildman–Crippen MR) is 82.0 cm³/mol. The maximum absolute atomic E-state index is 11.8. The third-order valence-corrected chi connectivity index (χ3v) is 2.83. The van der Waals surface area contributed by atoms with E-state index in [1.54, 1.807) is 60.7 Å². The van der Waals surface area contributed by atoms with Gasteiger partial charge in [-0.3, -0.25) is 14.9 Å². The van der Waals surface area contributed by atoms with Crippen molar-refractivity contribution in [3.05, 3.63) is 94.1 Å². The van der Waals surface area contributed by atoms with Crippen LogP contribution in [0, 0.1) is 10.1 Å². The maximum Gasteiger partial charge on any atom is 0.276 e. The molecule has 0 aliphatic heterocycles. The number of benzene rings is 2. The summed E-state index contributed by atoms with van der Waals surface area (Å²) >= 11 is 0. The number of ketones is 1. The molecule has 0 spiro atoms. The SMILES string of the molecule is O=C(C=CC=Cc1ccccc1[N+](=O)[O-])c1ccccc1. The van der Waals surface area contributed by atoms with Gasteiger partial charge in [0.1, 0.15) is 0 Å². The molecule has 2 rings (SSSR count). The predicted octanol–water partition coefficient (Wildman–Crippen LogP) is 4.05. The Morgan fingerprint density at radius 2 is 1.62 bits per heavy atom. The van der Waals surface area contributed by atoms with Crippen LogP contribution in [-0.4, -0.2) is 10.7 Å². The fourth-order valence-electron chi connectivity index (χ4n) is 1.80. The summed E-state index contributed by atoms with van der Waals surface area (Å²) in [6.45, 7) is 0. The van der Waals surface area contributed by atoms with Gasteiger partial charge in [0.05, 0.1) is 10.5 Å². The van der Waals surface area contributed by atoms with Gasteiger partial charge in [0.15, 0.2) is 5.78 Å². The molecule has 0 saturated carbocycles. The number of carbonyl (C=O) groups is 1. The van der Waals surface area contributed by atoms with E-state index in [9.17, 15) is 14.9 Å². The van der Waals surface area contributed by atoms with Crippen LogP contribution in [-0.2, 0) is 0 Å². The zero-order chi connectivity index (χ0) is 15.1. The number of nitrogens with zero attached hydrogens (tertiary/aromatic N) is 1. The number of hydrogen-bond donors (Lipinski definition) is 0. The highest BCUT2D eigenvalue weighted by Crippen LogP contribution is 2.18. The topological polar surface area (TPSA) is 60.2 Å². The second-order valence-corrected chi connectivity index (χ2v) is 4.26. The second kappa shape index (κ2) is 6.96. The molecule has 0 N–H and O–H groups in total. The first kappa shape index (κ1) is 14.4. The van der Waals surface area contributed by atoms with E-state index in [-0.39, 0.29) is 11.5 Å². The number of nitro groups is 1. The van der Waals surface area contributed by atoms with Crippen molar-refractivity contribution in [3.8, 4) is 0 Å². The molecule has 4 heteroatoms. The summed E-state index contributed by atoms with van der Waals surface area (Å²) in [5.41, 5.74) is 1.14. The van der Waals surface area contributed by atoms with E-state index >= 15 is 0 Å². The lowest BCUT2D eigenvalue weighted by atomic mass is 10.1. The number of rotatable bonds is 5. The van der Waals surface area contributed by atoms with Crippen LogP contribution < -0.4 is 0 Å². The smallest absolute Gasteiger partial charge is 0.276 e. The molecule has 0 aliphatic carbocycles. The fourth-order valence-corrected chi connectivity index (χ4v) is 1.80. The van der Waals surface area contributed by atoms with Gasteiger partial charge in [-0.25, -0.2) is 0 Å². The lowest BCUT2D eigenvalue weighted by Crippen LogP contribution is -1.92. The van der Waals surface area contributed by atoms with Crippen LogP contribution in [0.4, 0.5) is 5.69 Å². The lowest BCUT2D eigenvalue weighted by molar-refractivity contribution is -0.385. The van der Waals surface area contributed by atoms with E-state index in [1.807, 2.05) is 6.07 Å². The van der Waals surface area contributed by atoms with Gasteiger partial charge in [-0.05, 0) is 18.2 Å². The molecule has 0 atom stereocenters. The Bertz CT molecular complexity index is 703. The van der Waals surface area contributed by atoms with Gasteiger partial charge in [0.2, 0.25) is 0 Å². The molecule has 0 aliphatic rings. The van der Waals surface area contributed by atoms with Crippen LogP contribution in [0.1, 0.15) is 15.9 Å². The minimum atomic E-state index is -0.432. The Kier molecular flexibility index (Phi) is 4.77. The highest BCUT2D eigenvalue weighted by atomic mass is 16.6. The minimum absolute atomic E-state index is 0.0385. The summed E-state index contributed by atoms with van der Waals surface area (Å²) in [4.78, 5) is 22.2. The number of allylic oxidation sites excluding steroid dienone is 3. The number of nitro benzene ring substituents is 1. The molecule has 0 bridgehead atoms. The van der Waals surface area contributed by atoms with Gasteiger partial charge in [-0.2, -0.15) is 0 Å². The standard InChI is InChI=1S/C17H13NO3/c19-17(15-10-2-1-3-11-15)13-7-5-9-14-8-4-6-12-16(14)18(20)21/h1-13H. The lowest BCUT2D eigenvalue weighted by Gasteiger charge is -1.95. The monoisotopic (exact) mass is 279 g/mol. The molecule has 0 unspecified atom stereocenters. The summed E-state index contributed by atoms with van der Waals surface area (Å²) in [5.74, 6) is -0.109. The zero-order valence-electron chi connectivity index (χ0n) is 11.2. The van der Waals surface area contributed by atoms with Gasteiger partial charge in [-0.1, -0.05) is 54.6 Å². The highest BCUT2D eigenvalue weighted by Gasteiger charge is 2.08. The van der Waals surface area contributed by atoms with Crippen LogP contribution in [0.15, 0.2) is 72.8 Å². The molecular weight excluding hydrogens is 266 g/mol. The Balaban J connectivity index is 2.08. The van der Waals surface area contributed by atoms with E-state index in [1.165, 1.54) is 12.1 Å². The van der Waals surface area contributed by atoms with Crippen LogP contribution >= 0.6 is 0 Å². The third-order valence-electron chi connectivity index (χ3n) is 2.83. The van der Waals surface area contributed by atoms with Crippen molar-refractivity contribution >= 4 is 17.5 Å². The molecular formula is C17H13NO3. The molecule has 0 saturated heterocycles.